The second-order valence-electron chi connectivity index (χ2n) is 7.02. The van der Waals surface area contributed by atoms with E-state index >= 15 is 0 Å². The fourth-order valence-electron chi connectivity index (χ4n) is 3.78. The maximum atomic E-state index is 13.2. The third-order valence-corrected chi connectivity index (χ3v) is 6.47. The second kappa shape index (κ2) is 7.76. The van der Waals surface area contributed by atoms with Crippen LogP contribution in [0.5, 0.6) is 0 Å². The number of rotatable bonds is 2. The Morgan fingerprint density at radius 2 is 1.96 bits per heavy atom. The highest BCUT2D eigenvalue weighted by Gasteiger charge is 2.33. The molecule has 0 saturated carbocycles. The van der Waals surface area contributed by atoms with E-state index in [9.17, 15) is 9.59 Å². The van der Waals surface area contributed by atoms with Crippen LogP contribution in [0.2, 0.25) is 0 Å². The van der Waals surface area contributed by atoms with Crippen LogP contribution in [0.25, 0.3) is 0 Å². The van der Waals surface area contributed by atoms with Crippen molar-refractivity contribution in [2.24, 2.45) is 5.92 Å². The fourth-order valence-corrected chi connectivity index (χ4v) is 4.77. The average molecular weight is 385 g/mol. The van der Waals surface area contributed by atoms with Gasteiger partial charge in [-0.1, -0.05) is 17.3 Å². The Hall–Kier alpha value is -2.28. The van der Waals surface area contributed by atoms with E-state index in [2.05, 4.69) is 11.2 Å². The normalized spacial score (nSPS) is 18.1. The van der Waals surface area contributed by atoms with Gasteiger partial charge < -0.3 is 14.3 Å². The number of benzene rings is 1. The van der Waals surface area contributed by atoms with Crippen LogP contribution in [0.4, 0.5) is 5.69 Å². The lowest BCUT2D eigenvalue weighted by molar-refractivity contribution is -0.123. The molecule has 7 heteroatoms. The summed E-state index contributed by atoms with van der Waals surface area (Å²) in [5, 5.41) is 3.69. The molecule has 2 aliphatic rings. The SMILES string of the molecule is Cc1oncc1C(=O)N1CCC(C(=O)N2CCCSc3ccccc32)CC1. The van der Waals surface area contributed by atoms with Gasteiger partial charge in [-0.15, -0.1) is 11.8 Å². The summed E-state index contributed by atoms with van der Waals surface area (Å²) < 4.78 is 5.00. The molecule has 6 nitrogen and oxygen atoms in total. The third kappa shape index (κ3) is 3.60. The Balaban J connectivity index is 1.43. The number of carbonyl (C=O) groups excluding carboxylic acids is 2. The molecule has 2 amide bonds. The molecule has 0 atom stereocenters. The summed E-state index contributed by atoms with van der Waals surface area (Å²) in [4.78, 5) is 30.8. The zero-order chi connectivity index (χ0) is 18.8. The number of aryl methyl sites for hydroxylation is 1. The summed E-state index contributed by atoms with van der Waals surface area (Å²) in [7, 11) is 0. The van der Waals surface area contributed by atoms with Crippen molar-refractivity contribution in [2.45, 2.75) is 31.1 Å². The van der Waals surface area contributed by atoms with Gasteiger partial charge in [0, 0.05) is 30.4 Å². The molecule has 0 radical (unpaired) electrons. The van der Waals surface area contributed by atoms with Crippen LogP contribution in [0.3, 0.4) is 0 Å². The van der Waals surface area contributed by atoms with Crippen molar-refractivity contribution >= 4 is 29.3 Å². The minimum atomic E-state index is -0.0591. The van der Waals surface area contributed by atoms with Crippen LogP contribution in [0.15, 0.2) is 39.9 Å². The van der Waals surface area contributed by atoms with Gasteiger partial charge in [-0.3, -0.25) is 9.59 Å². The number of para-hydroxylation sites is 1. The van der Waals surface area contributed by atoms with E-state index < -0.39 is 0 Å². The molecule has 142 valence electrons. The predicted molar refractivity (Wildman–Crippen MR) is 104 cm³/mol. The number of aromatic nitrogens is 1. The maximum Gasteiger partial charge on any atom is 0.259 e. The summed E-state index contributed by atoms with van der Waals surface area (Å²) in [6, 6.07) is 8.15. The van der Waals surface area contributed by atoms with Crippen LogP contribution in [-0.4, -0.2) is 47.3 Å². The molecule has 0 spiro atoms. The highest BCUT2D eigenvalue weighted by molar-refractivity contribution is 7.99. The zero-order valence-electron chi connectivity index (χ0n) is 15.4. The van der Waals surface area contributed by atoms with E-state index in [1.54, 1.807) is 11.8 Å². The first kappa shape index (κ1) is 18.1. The fraction of sp³-hybridized carbons (Fsp3) is 0.450. The summed E-state index contributed by atoms with van der Waals surface area (Å²) in [5.74, 6) is 1.67. The van der Waals surface area contributed by atoms with Crippen molar-refractivity contribution in [3.8, 4) is 0 Å². The van der Waals surface area contributed by atoms with E-state index in [4.69, 9.17) is 4.52 Å². The Labute approximate surface area is 162 Å². The van der Waals surface area contributed by atoms with E-state index in [1.807, 2.05) is 34.9 Å². The highest BCUT2D eigenvalue weighted by Crippen LogP contribution is 2.35. The number of thioether (sulfide) groups is 1. The van der Waals surface area contributed by atoms with E-state index in [0.717, 1.165) is 24.4 Å². The minimum absolute atomic E-state index is 0.0335. The van der Waals surface area contributed by atoms with Crippen LogP contribution in [-0.2, 0) is 4.79 Å². The molecule has 1 fully saturated rings. The van der Waals surface area contributed by atoms with Gasteiger partial charge in [-0.2, -0.15) is 0 Å². The first-order valence-electron chi connectivity index (χ1n) is 9.39. The summed E-state index contributed by atoms with van der Waals surface area (Å²) in [6.07, 6.45) is 3.86. The first-order chi connectivity index (χ1) is 13.1. The molecule has 2 aromatic rings. The number of likely N-dealkylation sites (tertiary alicyclic amines) is 1. The third-order valence-electron chi connectivity index (χ3n) is 5.32. The largest absolute Gasteiger partial charge is 0.361 e. The quantitative estimate of drug-likeness (QED) is 0.793. The van der Waals surface area contributed by atoms with Gasteiger partial charge in [0.1, 0.15) is 11.3 Å². The van der Waals surface area contributed by atoms with Gasteiger partial charge in [0.15, 0.2) is 0 Å². The lowest BCUT2D eigenvalue weighted by Crippen LogP contribution is -2.45. The standard InChI is InChI=1S/C20H23N3O3S/c1-14-16(13-21-26-14)20(25)22-10-7-15(8-11-22)19(24)23-9-4-12-27-18-6-3-2-5-17(18)23/h2-3,5-6,13,15H,4,7-12H2,1H3. The average Bonchev–Trinajstić information content (AvgIpc) is 3.01. The lowest BCUT2D eigenvalue weighted by Gasteiger charge is -2.34. The van der Waals surface area contributed by atoms with Gasteiger partial charge in [-0.25, -0.2) is 0 Å². The number of anilines is 1. The molecule has 0 aliphatic carbocycles. The van der Waals surface area contributed by atoms with Gasteiger partial charge in [-0.05, 0) is 44.1 Å². The molecule has 0 N–H and O–H groups in total. The minimum Gasteiger partial charge on any atom is -0.361 e. The number of piperidine rings is 1. The molecule has 0 unspecified atom stereocenters. The number of hydrogen-bond donors (Lipinski definition) is 0. The molecule has 4 rings (SSSR count). The number of amides is 2. The van der Waals surface area contributed by atoms with Crippen LogP contribution < -0.4 is 4.90 Å². The smallest absolute Gasteiger partial charge is 0.259 e. The van der Waals surface area contributed by atoms with Crippen molar-refractivity contribution in [3.05, 3.63) is 41.8 Å². The number of nitrogens with zero attached hydrogens (tertiary/aromatic N) is 3. The van der Waals surface area contributed by atoms with Gasteiger partial charge in [0.05, 0.1) is 11.9 Å². The Kier molecular flexibility index (Phi) is 5.20. The first-order valence-corrected chi connectivity index (χ1v) is 10.4. The molecule has 1 aromatic carbocycles. The molecule has 1 aromatic heterocycles. The highest BCUT2D eigenvalue weighted by atomic mass is 32.2. The Morgan fingerprint density at radius 1 is 1.19 bits per heavy atom. The van der Waals surface area contributed by atoms with Crippen molar-refractivity contribution in [3.63, 3.8) is 0 Å². The summed E-state index contributed by atoms with van der Waals surface area (Å²) >= 11 is 1.82. The van der Waals surface area contributed by atoms with Crippen molar-refractivity contribution in [1.82, 2.24) is 10.1 Å². The molecule has 3 heterocycles. The van der Waals surface area contributed by atoms with E-state index in [-0.39, 0.29) is 17.7 Å². The Bertz CT molecular complexity index is 843. The molecular weight excluding hydrogens is 362 g/mol. The van der Waals surface area contributed by atoms with E-state index in [1.165, 1.54) is 11.1 Å². The predicted octanol–water partition coefficient (Wildman–Crippen LogP) is 3.36. The molecule has 0 bridgehead atoms. The zero-order valence-corrected chi connectivity index (χ0v) is 16.2. The summed E-state index contributed by atoms with van der Waals surface area (Å²) in [6.45, 7) is 3.68. The van der Waals surface area contributed by atoms with Gasteiger partial charge >= 0.3 is 0 Å². The molecular formula is C20H23N3O3S. The van der Waals surface area contributed by atoms with Gasteiger partial charge in [0.25, 0.3) is 5.91 Å². The van der Waals surface area contributed by atoms with Crippen LogP contribution in [0, 0.1) is 12.8 Å². The van der Waals surface area contributed by atoms with E-state index in [0.29, 0.717) is 37.3 Å². The van der Waals surface area contributed by atoms with Crippen molar-refractivity contribution in [1.29, 1.82) is 0 Å². The maximum absolute atomic E-state index is 13.2. The monoisotopic (exact) mass is 385 g/mol. The number of carbonyl (C=O) groups is 2. The lowest BCUT2D eigenvalue weighted by atomic mass is 9.94. The van der Waals surface area contributed by atoms with Crippen molar-refractivity contribution in [2.75, 3.05) is 30.3 Å². The molecule has 2 aliphatic heterocycles. The van der Waals surface area contributed by atoms with Crippen LogP contribution >= 0.6 is 11.8 Å². The molecule has 27 heavy (non-hydrogen) atoms. The Morgan fingerprint density at radius 3 is 2.70 bits per heavy atom. The van der Waals surface area contributed by atoms with Gasteiger partial charge in [0.2, 0.25) is 5.91 Å². The number of hydrogen-bond acceptors (Lipinski definition) is 5. The number of fused-ring (bicyclic) bond motifs is 1. The summed E-state index contributed by atoms with van der Waals surface area (Å²) in [5.41, 5.74) is 1.54. The van der Waals surface area contributed by atoms with Crippen molar-refractivity contribution < 1.29 is 14.1 Å². The molecule has 1 saturated heterocycles. The second-order valence-corrected chi connectivity index (χ2v) is 8.16. The van der Waals surface area contributed by atoms with Crippen LogP contribution in [0.1, 0.15) is 35.4 Å². The topological polar surface area (TPSA) is 66.7 Å².